The van der Waals surface area contributed by atoms with Crippen LogP contribution in [0.2, 0.25) is 0 Å². The van der Waals surface area contributed by atoms with Gasteiger partial charge in [0.25, 0.3) is 0 Å². The normalized spacial score (nSPS) is 19.9. The second-order valence-electron chi connectivity index (χ2n) is 5.44. The second-order valence-corrected chi connectivity index (χ2v) is 8.42. The van der Waals surface area contributed by atoms with Crippen molar-refractivity contribution in [2.75, 3.05) is 24.7 Å². The summed E-state index contributed by atoms with van der Waals surface area (Å²) in [5, 5.41) is 3.07. The summed E-state index contributed by atoms with van der Waals surface area (Å²) in [6.45, 7) is 3.81. The summed E-state index contributed by atoms with van der Waals surface area (Å²) in [5.74, 6) is -0.734. The first-order valence-corrected chi connectivity index (χ1v) is 9.59. The Balaban J connectivity index is 2.06. The molecule has 1 aromatic heterocycles. The molecule has 1 aliphatic heterocycles. The van der Waals surface area contributed by atoms with E-state index in [1.807, 2.05) is 0 Å². The zero-order valence-corrected chi connectivity index (χ0v) is 14.4. The van der Waals surface area contributed by atoms with Crippen molar-refractivity contribution in [1.29, 1.82) is 0 Å². The molecule has 0 aromatic carbocycles. The number of ketones is 1. The minimum absolute atomic E-state index is 0.0867. The summed E-state index contributed by atoms with van der Waals surface area (Å²) < 4.78 is 24.5. The van der Waals surface area contributed by atoms with Gasteiger partial charge >= 0.3 is 0 Å². The highest BCUT2D eigenvalue weighted by molar-refractivity contribution is 7.88. The van der Waals surface area contributed by atoms with Crippen LogP contribution in [0.4, 0.5) is 5.13 Å². The van der Waals surface area contributed by atoms with E-state index in [4.69, 9.17) is 0 Å². The number of anilines is 1. The van der Waals surface area contributed by atoms with E-state index in [0.717, 1.165) is 17.6 Å². The number of hydrogen-bond donors (Lipinski definition) is 1. The van der Waals surface area contributed by atoms with Gasteiger partial charge in [-0.2, -0.15) is 0 Å². The Hall–Kier alpha value is -1.32. The van der Waals surface area contributed by atoms with Gasteiger partial charge in [-0.15, -0.1) is 0 Å². The highest BCUT2D eigenvalue weighted by Gasteiger charge is 2.30. The molecule has 1 aliphatic rings. The molecule has 1 atom stereocenters. The number of Topliss-reactive ketones (excluding diaryl/α,β-unsaturated/α-hetero) is 1. The Kier molecular flexibility index (Phi) is 4.98. The van der Waals surface area contributed by atoms with Crippen LogP contribution in [0.25, 0.3) is 0 Å². The molecule has 0 aliphatic carbocycles. The van der Waals surface area contributed by atoms with Crippen molar-refractivity contribution in [2.45, 2.75) is 26.7 Å². The van der Waals surface area contributed by atoms with E-state index in [1.54, 1.807) is 6.92 Å². The van der Waals surface area contributed by atoms with Crippen molar-refractivity contribution in [3.05, 3.63) is 10.6 Å². The molecule has 0 unspecified atom stereocenters. The number of rotatable bonds is 4. The lowest BCUT2D eigenvalue weighted by atomic mass is 9.99. The number of nitrogens with one attached hydrogen (secondary N) is 1. The summed E-state index contributed by atoms with van der Waals surface area (Å²) >= 11 is 1.14. The minimum atomic E-state index is -3.28. The molecular weight excluding hydrogens is 326 g/mol. The highest BCUT2D eigenvalue weighted by atomic mass is 32.2. The van der Waals surface area contributed by atoms with Crippen molar-refractivity contribution in [3.63, 3.8) is 0 Å². The molecule has 0 spiro atoms. The predicted molar refractivity (Wildman–Crippen MR) is 84.6 cm³/mol. The molecule has 1 amide bonds. The van der Waals surface area contributed by atoms with E-state index in [-0.39, 0.29) is 18.2 Å². The molecule has 0 radical (unpaired) electrons. The number of sulfonamides is 1. The monoisotopic (exact) mass is 345 g/mol. The molecule has 1 aromatic rings. The van der Waals surface area contributed by atoms with Gasteiger partial charge in [0.1, 0.15) is 0 Å². The number of amides is 1. The minimum Gasteiger partial charge on any atom is -0.302 e. The number of aromatic nitrogens is 1. The summed E-state index contributed by atoms with van der Waals surface area (Å²) in [6, 6.07) is 0. The van der Waals surface area contributed by atoms with Gasteiger partial charge in [-0.1, -0.05) is 11.3 Å². The molecule has 0 saturated carbocycles. The lowest BCUT2D eigenvalue weighted by Gasteiger charge is -2.29. The maximum absolute atomic E-state index is 12.3. The van der Waals surface area contributed by atoms with E-state index in [1.165, 1.54) is 11.2 Å². The van der Waals surface area contributed by atoms with Gasteiger partial charge in [0.2, 0.25) is 15.9 Å². The van der Waals surface area contributed by atoms with Crippen LogP contribution in [0.5, 0.6) is 0 Å². The van der Waals surface area contributed by atoms with Crippen molar-refractivity contribution >= 4 is 38.2 Å². The average Bonchev–Trinajstić information content (AvgIpc) is 2.79. The summed E-state index contributed by atoms with van der Waals surface area (Å²) in [5.41, 5.74) is 0.592. The van der Waals surface area contributed by atoms with Crippen LogP contribution in [-0.4, -0.2) is 48.7 Å². The van der Waals surface area contributed by atoms with Crippen LogP contribution in [0.15, 0.2) is 0 Å². The van der Waals surface area contributed by atoms with E-state index >= 15 is 0 Å². The maximum Gasteiger partial charge on any atom is 0.230 e. The fraction of sp³-hybridized carbons (Fsp3) is 0.615. The zero-order chi connectivity index (χ0) is 16.5. The van der Waals surface area contributed by atoms with Crippen LogP contribution in [-0.2, 0) is 14.8 Å². The Morgan fingerprint density at radius 3 is 2.64 bits per heavy atom. The SMILES string of the molecule is CC(=O)c1sc(NC(=O)[C@H]2CCCN(S(C)(=O)=O)C2)nc1C. The topological polar surface area (TPSA) is 96.4 Å². The van der Waals surface area contributed by atoms with Gasteiger partial charge in [0.15, 0.2) is 10.9 Å². The van der Waals surface area contributed by atoms with Gasteiger partial charge < -0.3 is 5.32 Å². The lowest BCUT2D eigenvalue weighted by molar-refractivity contribution is -0.120. The molecule has 7 nitrogen and oxygen atoms in total. The smallest absolute Gasteiger partial charge is 0.230 e. The number of hydrogen-bond acceptors (Lipinski definition) is 6. The van der Waals surface area contributed by atoms with Gasteiger partial charge in [0, 0.05) is 20.0 Å². The molecule has 2 rings (SSSR count). The fourth-order valence-electron chi connectivity index (χ4n) is 2.44. The Labute approximate surface area is 133 Å². The van der Waals surface area contributed by atoms with Crippen LogP contribution in [0, 0.1) is 12.8 Å². The number of carbonyl (C=O) groups is 2. The lowest BCUT2D eigenvalue weighted by Crippen LogP contribution is -2.43. The predicted octanol–water partition coefficient (Wildman–Crippen LogP) is 1.26. The largest absolute Gasteiger partial charge is 0.302 e. The fourth-order valence-corrected chi connectivity index (χ4v) is 4.22. The van der Waals surface area contributed by atoms with Crippen LogP contribution in [0.1, 0.15) is 35.1 Å². The number of piperidine rings is 1. The highest BCUT2D eigenvalue weighted by Crippen LogP contribution is 2.25. The number of aryl methyl sites for hydroxylation is 1. The van der Waals surface area contributed by atoms with Crippen LogP contribution < -0.4 is 5.32 Å². The Bertz CT molecular complexity index is 696. The average molecular weight is 345 g/mol. The number of nitrogens with zero attached hydrogens (tertiary/aromatic N) is 2. The molecular formula is C13H19N3O4S2. The van der Waals surface area contributed by atoms with E-state index in [2.05, 4.69) is 10.3 Å². The van der Waals surface area contributed by atoms with E-state index in [9.17, 15) is 18.0 Å². The maximum atomic E-state index is 12.3. The van der Waals surface area contributed by atoms with Gasteiger partial charge in [-0.25, -0.2) is 17.7 Å². The third-order valence-corrected chi connectivity index (χ3v) is 6.01. The van der Waals surface area contributed by atoms with Gasteiger partial charge in [0.05, 0.1) is 22.7 Å². The molecule has 1 N–H and O–H groups in total. The zero-order valence-electron chi connectivity index (χ0n) is 12.7. The van der Waals surface area contributed by atoms with E-state index in [0.29, 0.717) is 35.1 Å². The van der Waals surface area contributed by atoms with Crippen molar-refractivity contribution in [2.24, 2.45) is 5.92 Å². The molecule has 9 heteroatoms. The molecule has 22 heavy (non-hydrogen) atoms. The van der Waals surface area contributed by atoms with Gasteiger partial charge in [-0.3, -0.25) is 9.59 Å². The van der Waals surface area contributed by atoms with E-state index < -0.39 is 15.9 Å². The molecule has 1 saturated heterocycles. The quantitative estimate of drug-likeness (QED) is 0.829. The molecule has 2 heterocycles. The summed E-state index contributed by atoms with van der Waals surface area (Å²) in [4.78, 5) is 28.4. The first-order chi connectivity index (χ1) is 10.2. The van der Waals surface area contributed by atoms with Crippen LogP contribution >= 0.6 is 11.3 Å². The van der Waals surface area contributed by atoms with Gasteiger partial charge in [-0.05, 0) is 19.8 Å². The third kappa shape index (κ3) is 3.90. The molecule has 122 valence electrons. The van der Waals surface area contributed by atoms with Crippen LogP contribution in [0.3, 0.4) is 0 Å². The Morgan fingerprint density at radius 1 is 1.41 bits per heavy atom. The third-order valence-electron chi connectivity index (χ3n) is 3.57. The van der Waals surface area contributed by atoms with Crippen molar-refractivity contribution < 1.29 is 18.0 Å². The van der Waals surface area contributed by atoms with Crippen molar-refractivity contribution in [1.82, 2.24) is 9.29 Å². The summed E-state index contributed by atoms with van der Waals surface area (Å²) in [6.07, 6.45) is 2.44. The second kappa shape index (κ2) is 6.43. The van der Waals surface area contributed by atoms with Crippen molar-refractivity contribution in [3.8, 4) is 0 Å². The first kappa shape index (κ1) is 17.0. The number of thiazole rings is 1. The molecule has 0 bridgehead atoms. The Morgan fingerprint density at radius 2 is 2.09 bits per heavy atom. The first-order valence-electron chi connectivity index (χ1n) is 6.93. The summed E-state index contributed by atoms with van der Waals surface area (Å²) in [7, 11) is -3.28. The standard InChI is InChI=1S/C13H19N3O4S2/c1-8-11(9(2)17)21-13(14-8)15-12(18)10-5-4-6-16(7-10)22(3,19)20/h10H,4-7H2,1-3H3,(H,14,15,18)/t10-/m0/s1. The number of carbonyl (C=O) groups excluding carboxylic acids is 2. The molecule has 1 fully saturated rings.